The van der Waals surface area contributed by atoms with Crippen LogP contribution < -0.4 is 5.32 Å². The Hall–Kier alpha value is -2.79. The lowest BCUT2D eigenvalue weighted by Crippen LogP contribution is -2.62. The summed E-state index contributed by atoms with van der Waals surface area (Å²) in [6.45, 7) is 6.43. The molecule has 3 aliphatic rings. The number of furan rings is 2. The fourth-order valence-corrected chi connectivity index (χ4v) is 4.86. The van der Waals surface area contributed by atoms with Gasteiger partial charge in [0, 0.05) is 23.2 Å². The SMILES string of the molecule is Cc1ccc(-c2ccccc2-c2ccc(C(=O)N[C@@H]3C4CCN(CC4)[C@H]3C)o2)o1. The fraction of sp³-hybridized carbons (Fsp3) is 0.375. The van der Waals surface area contributed by atoms with E-state index in [4.69, 9.17) is 8.83 Å². The minimum Gasteiger partial charge on any atom is -0.461 e. The van der Waals surface area contributed by atoms with Crippen LogP contribution in [0.1, 0.15) is 36.1 Å². The number of nitrogens with one attached hydrogen (secondary N) is 1. The van der Waals surface area contributed by atoms with Gasteiger partial charge in [0.15, 0.2) is 5.76 Å². The number of rotatable bonds is 4. The Labute approximate surface area is 170 Å². The minimum atomic E-state index is -0.131. The minimum absolute atomic E-state index is 0.131. The maximum absolute atomic E-state index is 12.9. The molecule has 0 saturated carbocycles. The molecule has 3 fully saturated rings. The van der Waals surface area contributed by atoms with Crippen molar-refractivity contribution in [2.45, 2.75) is 38.8 Å². The van der Waals surface area contributed by atoms with Crippen LogP contribution in [0.4, 0.5) is 0 Å². The molecular weight excluding hydrogens is 364 g/mol. The summed E-state index contributed by atoms with van der Waals surface area (Å²) < 4.78 is 11.8. The van der Waals surface area contributed by atoms with Crippen molar-refractivity contribution in [2.75, 3.05) is 13.1 Å². The van der Waals surface area contributed by atoms with E-state index >= 15 is 0 Å². The summed E-state index contributed by atoms with van der Waals surface area (Å²) >= 11 is 0. The maximum Gasteiger partial charge on any atom is 0.287 e. The molecule has 2 bridgehead atoms. The van der Waals surface area contributed by atoms with Gasteiger partial charge in [0.1, 0.15) is 17.3 Å². The Kier molecular flexibility index (Phi) is 4.55. The quantitative estimate of drug-likeness (QED) is 0.700. The van der Waals surface area contributed by atoms with Crippen molar-refractivity contribution in [3.05, 3.63) is 60.1 Å². The zero-order valence-electron chi connectivity index (χ0n) is 16.9. The molecule has 1 amide bonds. The molecule has 5 heterocycles. The second kappa shape index (κ2) is 7.23. The van der Waals surface area contributed by atoms with Gasteiger partial charge in [-0.25, -0.2) is 0 Å². The first kappa shape index (κ1) is 18.3. The van der Waals surface area contributed by atoms with Crippen LogP contribution in [-0.4, -0.2) is 36.0 Å². The summed E-state index contributed by atoms with van der Waals surface area (Å²) in [5, 5.41) is 3.24. The van der Waals surface area contributed by atoms with Crippen LogP contribution >= 0.6 is 0 Å². The molecule has 1 N–H and O–H groups in total. The van der Waals surface area contributed by atoms with E-state index in [0.29, 0.717) is 23.5 Å². The zero-order chi connectivity index (χ0) is 20.0. The smallest absolute Gasteiger partial charge is 0.287 e. The van der Waals surface area contributed by atoms with Gasteiger partial charge in [-0.2, -0.15) is 0 Å². The molecule has 29 heavy (non-hydrogen) atoms. The average molecular weight is 390 g/mol. The number of amides is 1. The second-order valence-electron chi connectivity index (χ2n) is 8.23. The molecule has 0 radical (unpaired) electrons. The second-order valence-corrected chi connectivity index (χ2v) is 8.23. The molecule has 5 heteroatoms. The third kappa shape index (κ3) is 3.29. The Morgan fingerprint density at radius 2 is 1.62 bits per heavy atom. The van der Waals surface area contributed by atoms with Gasteiger partial charge in [-0.05, 0) is 70.0 Å². The van der Waals surface area contributed by atoms with Crippen LogP contribution in [0.25, 0.3) is 22.6 Å². The van der Waals surface area contributed by atoms with E-state index in [1.54, 1.807) is 6.07 Å². The van der Waals surface area contributed by atoms with Crippen molar-refractivity contribution >= 4 is 5.91 Å². The van der Waals surface area contributed by atoms with Gasteiger partial charge in [0.05, 0.1) is 0 Å². The molecule has 3 aliphatic heterocycles. The standard InChI is InChI=1S/C24H26N2O3/c1-15-7-8-20(28-15)18-5-3-4-6-19(18)21-9-10-22(29-21)24(27)25-23-16(2)26-13-11-17(23)12-14-26/h3-10,16-17,23H,11-14H2,1-2H3,(H,25,27)/t16-,23-/m0/s1. The van der Waals surface area contributed by atoms with E-state index in [9.17, 15) is 4.79 Å². The van der Waals surface area contributed by atoms with Gasteiger partial charge in [-0.3, -0.25) is 9.69 Å². The number of hydrogen-bond donors (Lipinski definition) is 1. The van der Waals surface area contributed by atoms with Gasteiger partial charge < -0.3 is 14.2 Å². The summed E-state index contributed by atoms with van der Waals surface area (Å²) in [6, 6.07) is 16.0. The number of aryl methyl sites for hydroxylation is 1. The highest BCUT2D eigenvalue weighted by molar-refractivity contribution is 5.92. The number of hydrogen-bond acceptors (Lipinski definition) is 4. The molecule has 2 aromatic heterocycles. The van der Waals surface area contributed by atoms with E-state index in [1.165, 1.54) is 0 Å². The highest BCUT2D eigenvalue weighted by atomic mass is 16.4. The van der Waals surface area contributed by atoms with Crippen LogP contribution in [0.3, 0.4) is 0 Å². The summed E-state index contributed by atoms with van der Waals surface area (Å²) in [5.41, 5.74) is 1.87. The highest BCUT2D eigenvalue weighted by Gasteiger charge is 2.40. The molecule has 0 spiro atoms. The summed E-state index contributed by atoms with van der Waals surface area (Å²) in [7, 11) is 0. The van der Waals surface area contributed by atoms with Crippen molar-refractivity contribution in [2.24, 2.45) is 5.92 Å². The number of piperidine rings is 3. The lowest BCUT2D eigenvalue weighted by atomic mass is 9.79. The number of benzene rings is 1. The van der Waals surface area contributed by atoms with E-state index in [2.05, 4.69) is 17.1 Å². The van der Waals surface area contributed by atoms with E-state index in [0.717, 1.165) is 48.6 Å². The number of fused-ring (bicyclic) bond motifs is 3. The van der Waals surface area contributed by atoms with Gasteiger partial charge in [-0.1, -0.05) is 24.3 Å². The molecule has 5 nitrogen and oxygen atoms in total. The molecule has 3 saturated heterocycles. The van der Waals surface area contributed by atoms with E-state index in [1.807, 2.05) is 49.4 Å². The van der Waals surface area contributed by atoms with Crippen molar-refractivity contribution < 1.29 is 13.6 Å². The zero-order valence-corrected chi connectivity index (χ0v) is 16.9. The summed E-state index contributed by atoms with van der Waals surface area (Å²) in [4.78, 5) is 15.4. The third-order valence-corrected chi connectivity index (χ3v) is 6.50. The fourth-order valence-electron chi connectivity index (χ4n) is 4.86. The van der Waals surface area contributed by atoms with Crippen LogP contribution in [0.2, 0.25) is 0 Å². The normalized spacial score (nSPS) is 25.9. The highest BCUT2D eigenvalue weighted by Crippen LogP contribution is 2.35. The van der Waals surface area contributed by atoms with Crippen LogP contribution in [-0.2, 0) is 0 Å². The lowest BCUT2D eigenvalue weighted by Gasteiger charge is -2.49. The Morgan fingerprint density at radius 3 is 2.24 bits per heavy atom. The topological polar surface area (TPSA) is 58.6 Å². The third-order valence-electron chi connectivity index (χ3n) is 6.50. The molecule has 1 aromatic carbocycles. The Morgan fingerprint density at radius 1 is 0.966 bits per heavy atom. The van der Waals surface area contributed by atoms with Gasteiger partial charge in [0.25, 0.3) is 5.91 Å². The first-order valence-corrected chi connectivity index (χ1v) is 10.4. The molecule has 2 atom stereocenters. The van der Waals surface area contributed by atoms with Gasteiger partial charge >= 0.3 is 0 Å². The molecule has 3 aromatic rings. The lowest BCUT2D eigenvalue weighted by molar-refractivity contribution is 0.0211. The summed E-state index contributed by atoms with van der Waals surface area (Å²) in [5.74, 6) is 3.11. The van der Waals surface area contributed by atoms with Crippen molar-refractivity contribution in [3.8, 4) is 22.6 Å². The first-order valence-electron chi connectivity index (χ1n) is 10.4. The summed E-state index contributed by atoms with van der Waals surface area (Å²) in [6.07, 6.45) is 2.32. The van der Waals surface area contributed by atoms with Crippen molar-refractivity contribution in [1.82, 2.24) is 10.2 Å². The van der Waals surface area contributed by atoms with Gasteiger partial charge in [0.2, 0.25) is 0 Å². The van der Waals surface area contributed by atoms with Crippen LogP contribution in [0, 0.1) is 12.8 Å². The van der Waals surface area contributed by atoms with Crippen LogP contribution in [0.15, 0.2) is 57.4 Å². The van der Waals surface area contributed by atoms with Crippen molar-refractivity contribution in [3.63, 3.8) is 0 Å². The number of nitrogens with zero attached hydrogens (tertiary/aromatic N) is 1. The monoisotopic (exact) mass is 390 g/mol. The molecule has 0 unspecified atom stereocenters. The van der Waals surface area contributed by atoms with Gasteiger partial charge in [-0.15, -0.1) is 0 Å². The Bertz CT molecular complexity index is 1020. The van der Waals surface area contributed by atoms with E-state index in [-0.39, 0.29) is 11.9 Å². The van der Waals surface area contributed by atoms with Crippen LogP contribution in [0.5, 0.6) is 0 Å². The molecular formula is C24H26N2O3. The Balaban J connectivity index is 1.38. The number of carbonyl (C=O) groups excluding carboxylic acids is 1. The van der Waals surface area contributed by atoms with Crippen molar-refractivity contribution in [1.29, 1.82) is 0 Å². The number of carbonyl (C=O) groups is 1. The first-order chi connectivity index (χ1) is 14.1. The molecule has 150 valence electrons. The van der Waals surface area contributed by atoms with E-state index < -0.39 is 0 Å². The largest absolute Gasteiger partial charge is 0.461 e. The average Bonchev–Trinajstić information content (AvgIpc) is 3.40. The molecule has 6 rings (SSSR count). The molecule has 0 aliphatic carbocycles. The maximum atomic E-state index is 12.9. The predicted molar refractivity (Wildman–Crippen MR) is 112 cm³/mol. The predicted octanol–water partition coefficient (Wildman–Crippen LogP) is 4.73.